The van der Waals surface area contributed by atoms with Gasteiger partial charge in [0.1, 0.15) is 11.6 Å². The van der Waals surface area contributed by atoms with E-state index >= 15 is 0 Å². The fraction of sp³-hybridized carbons (Fsp3) is 0.350. The highest BCUT2D eigenvalue weighted by molar-refractivity contribution is 6.32. The Kier molecular flexibility index (Phi) is 6.12. The second-order valence-corrected chi connectivity index (χ2v) is 6.75. The summed E-state index contributed by atoms with van der Waals surface area (Å²) in [5.41, 5.74) is 0.413. The second kappa shape index (κ2) is 8.41. The number of nitrogens with zero attached hydrogens (tertiary/aromatic N) is 3. The number of carbonyl (C=O) groups is 1. The zero-order chi connectivity index (χ0) is 21.2. The van der Waals surface area contributed by atoms with Gasteiger partial charge in [-0.3, -0.25) is 9.36 Å². The number of fused-ring (bicyclic) bond motifs is 1. The number of halogens is 4. The molecule has 3 rings (SSSR count). The van der Waals surface area contributed by atoms with Gasteiger partial charge in [-0.25, -0.2) is 9.97 Å². The van der Waals surface area contributed by atoms with E-state index in [2.05, 4.69) is 9.97 Å². The average molecular weight is 426 g/mol. The predicted molar refractivity (Wildman–Crippen MR) is 103 cm³/mol. The van der Waals surface area contributed by atoms with Crippen molar-refractivity contribution in [3.05, 3.63) is 52.4 Å². The first-order valence-electron chi connectivity index (χ1n) is 9.14. The third kappa shape index (κ3) is 4.53. The zero-order valence-electron chi connectivity index (χ0n) is 15.9. The van der Waals surface area contributed by atoms with Gasteiger partial charge < -0.3 is 4.74 Å². The van der Waals surface area contributed by atoms with Gasteiger partial charge in [-0.05, 0) is 24.3 Å². The van der Waals surface area contributed by atoms with Crippen molar-refractivity contribution in [2.24, 2.45) is 0 Å². The van der Waals surface area contributed by atoms with Crippen molar-refractivity contribution in [3.63, 3.8) is 0 Å². The number of pyridine rings is 1. The van der Waals surface area contributed by atoms with Crippen LogP contribution in [0.25, 0.3) is 16.9 Å². The lowest BCUT2D eigenvalue weighted by Crippen LogP contribution is -2.09. The zero-order valence-corrected chi connectivity index (χ0v) is 16.6. The van der Waals surface area contributed by atoms with E-state index in [9.17, 15) is 18.0 Å². The summed E-state index contributed by atoms with van der Waals surface area (Å²) in [4.78, 5) is 20.2. The van der Waals surface area contributed by atoms with Gasteiger partial charge in [0.2, 0.25) is 0 Å². The van der Waals surface area contributed by atoms with Crippen LogP contribution in [0.3, 0.4) is 0 Å². The Morgan fingerprint density at radius 3 is 2.62 bits per heavy atom. The number of aryl methyl sites for hydroxylation is 1. The monoisotopic (exact) mass is 425 g/mol. The maximum Gasteiger partial charge on any atom is 0.417 e. The maximum absolute atomic E-state index is 13.2. The number of ether oxygens (including phenoxy) is 1. The molecule has 0 aliphatic carbocycles. The first-order chi connectivity index (χ1) is 13.7. The number of hydrogen-bond donors (Lipinski definition) is 0. The van der Waals surface area contributed by atoms with Crippen LogP contribution in [-0.4, -0.2) is 27.1 Å². The minimum atomic E-state index is -4.56. The molecule has 0 fully saturated rings. The van der Waals surface area contributed by atoms with Crippen molar-refractivity contribution < 1.29 is 22.7 Å². The van der Waals surface area contributed by atoms with E-state index in [0.717, 1.165) is 6.07 Å². The van der Waals surface area contributed by atoms with E-state index in [1.165, 1.54) is 6.07 Å². The molecule has 2 aromatic heterocycles. The molecular weight excluding hydrogens is 407 g/mol. The van der Waals surface area contributed by atoms with Crippen LogP contribution in [0.4, 0.5) is 13.2 Å². The Bertz CT molecular complexity index is 1050. The van der Waals surface area contributed by atoms with E-state index in [-0.39, 0.29) is 18.1 Å². The van der Waals surface area contributed by atoms with Crippen molar-refractivity contribution in [1.29, 1.82) is 0 Å². The molecule has 0 unspecified atom stereocenters. The van der Waals surface area contributed by atoms with E-state index < -0.39 is 16.8 Å². The number of aromatic nitrogens is 3. The molecule has 0 aliphatic rings. The maximum atomic E-state index is 13.2. The molecule has 29 heavy (non-hydrogen) atoms. The number of esters is 1. The van der Waals surface area contributed by atoms with E-state index in [4.69, 9.17) is 16.3 Å². The second-order valence-electron chi connectivity index (χ2n) is 6.35. The molecular formula is C20H19ClF3N3O2. The molecule has 0 aliphatic heterocycles. The normalized spacial score (nSPS) is 11.8. The molecule has 0 saturated heterocycles. The first-order valence-corrected chi connectivity index (χ1v) is 9.52. The van der Waals surface area contributed by atoms with Crippen molar-refractivity contribution in [2.75, 3.05) is 6.61 Å². The topological polar surface area (TPSA) is 57.0 Å². The quantitative estimate of drug-likeness (QED) is 0.512. The highest BCUT2D eigenvalue weighted by Crippen LogP contribution is 2.37. The van der Waals surface area contributed by atoms with Crippen LogP contribution in [0, 0.1) is 0 Å². The van der Waals surface area contributed by atoms with Gasteiger partial charge in [-0.2, -0.15) is 13.2 Å². The number of carbonyl (C=O) groups excluding carboxylic acids is 1. The van der Waals surface area contributed by atoms with Gasteiger partial charge in [0.15, 0.2) is 0 Å². The smallest absolute Gasteiger partial charge is 0.417 e. The Morgan fingerprint density at radius 1 is 1.21 bits per heavy atom. The van der Waals surface area contributed by atoms with E-state index in [1.54, 1.807) is 29.7 Å². The predicted octanol–water partition coefficient (Wildman–Crippen LogP) is 5.15. The number of rotatable bonds is 6. The van der Waals surface area contributed by atoms with E-state index in [0.29, 0.717) is 42.1 Å². The van der Waals surface area contributed by atoms with Crippen molar-refractivity contribution in [1.82, 2.24) is 14.5 Å². The lowest BCUT2D eigenvalue weighted by molar-refractivity contribution is -0.143. The minimum absolute atomic E-state index is 0.197. The number of imidazole rings is 1. The number of hydrogen-bond acceptors (Lipinski definition) is 4. The lowest BCUT2D eigenvalue weighted by Gasteiger charge is -2.11. The van der Waals surface area contributed by atoms with Crippen LogP contribution in [0.2, 0.25) is 5.02 Å². The molecule has 0 spiro atoms. The molecule has 0 bridgehead atoms. The molecule has 154 valence electrons. The molecule has 0 N–H and O–H groups in total. The third-order valence-corrected chi connectivity index (χ3v) is 4.68. The summed E-state index contributed by atoms with van der Waals surface area (Å²) in [6.07, 6.45) is -3.34. The molecule has 1 aromatic carbocycles. The summed E-state index contributed by atoms with van der Waals surface area (Å²) < 4.78 is 46.3. The molecule has 0 radical (unpaired) electrons. The Labute approximate surface area is 170 Å². The molecule has 9 heteroatoms. The van der Waals surface area contributed by atoms with Gasteiger partial charge in [0.25, 0.3) is 0 Å². The number of alkyl halides is 3. The molecule has 0 saturated carbocycles. The first kappa shape index (κ1) is 21.1. The van der Waals surface area contributed by atoms with E-state index in [1.807, 2.05) is 6.92 Å². The fourth-order valence-corrected chi connectivity index (χ4v) is 3.23. The largest absolute Gasteiger partial charge is 0.465 e. The van der Waals surface area contributed by atoms with Crippen molar-refractivity contribution in [3.8, 4) is 5.82 Å². The van der Waals surface area contributed by atoms with Crippen LogP contribution >= 0.6 is 11.6 Å². The molecule has 2 heterocycles. The fourth-order valence-electron chi connectivity index (χ4n) is 2.96. The highest BCUT2D eigenvalue weighted by Gasteiger charge is 2.34. The van der Waals surface area contributed by atoms with Gasteiger partial charge in [-0.15, -0.1) is 0 Å². The summed E-state index contributed by atoms with van der Waals surface area (Å²) >= 11 is 5.91. The summed E-state index contributed by atoms with van der Waals surface area (Å²) in [6.45, 7) is 3.78. The van der Waals surface area contributed by atoms with Crippen LogP contribution in [0.15, 0.2) is 30.3 Å². The number of benzene rings is 1. The van der Waals surface area contributed by atoms with Crippen LogP contribution < -0.4 is 0 Å². The van der Waals surface area contributed by atoms with Gasteiger partial charge >= 0.3 is 12.1 Å². The van der Waals surface area contributed by atoms with Crippen LogP contribution in [0.5, 0.6) is 0 Å². The van der Waals surface area contributed by atoms with Crippen molar-refractivity contribution >= 4 is 28.6 Å². The van der Waals surface area contributed by atoms with Crippen molar-refractivity contribution in [2.45, 2.75) is 39.3 Å². The molecule has 0 amide bonds. The molecule has 0 atom stereocenters. The molecule has 3 aromatic rings. The average Bonchev–Trinajstić information content (AvgIpc) is 3.04. The summed E-state index contributed by atoms with van der Waals surface area (Å²) in [7, 11) is 0. The summed E-state index contributed by atoms with van der Waals surface area (Å²) in [5, 5.41) is -0.392. The van der Waals surface area contributed by atoms with Crippen LogP contribution in [0.1, 0.15) is 37.4 Å². The minimum Gasteiger partial charge on any atom is -0.465 e. The molecule has 5 nitrogen and oxygen atoms in total. The van der Waals surface area contributed by atoms with Gasteiger partial charge in [0.05, 0.1) is 28.2 Å². The third-order valence-electron chi connectivity index (χ3n) is 4.37. The SMILES string of the molecule is CCC(=O)OCCc1cccc(-n2c(CC)nc3cc(C(F)(F)F)c(Cl)cc32)n1. The Hall–Kier alpha value is -2.61. The lowest BCUT2D eigenvalue weighted by atomic mass is 10.2. The standard InChI is InChI=1S/C20H19ClF3N3O2/c1-3-17-26-15-10-13(20(22,23)24)14(21)11-16(15)27(17)18-7-5-6-12(25-18)8-9-29-19(28)4-2/h5-7,10-11H,3-4,8-9H2,1-2H3. The Balaban J connectivity index is 2.02. The van der Waals surface area contributed by atoms with Gasteiger partial charge in [-0.1, -0.05) is 31.5 Å². The highest BCUT2D eigenvalue weighted by atomic mass is 35.5. The summed E-state index contributed by atoms with van der Waals surface area (Å²) in [5.74, 6) is 0.794. The summed E-state index contributed by atoms with van der Waals surface area (Å²) in [6, 6.07) is 7.55. The van der Waals surface area contributed by atoms with Gasteiger partial charge in [0, 0.05) is 25.0 Å². The Morgan fingerprint density at radius 2 is 1.97 bits per heavy atom. The van der Waals surface area contributed by atoms with Crippen LogP contribution in [-0.2, 0) is 28.5 Å².